The quantitative estimate of drug-likeness (QED) is 0.766. The van der Waals surface area contributed by atoms with Crippen molar-refractivity contribution in [3.63, 3.8) is 0 Å². The van der Waals surface area contributed by atoms with Crippen molar-refractivity contribution in [2.45, 2.75) is 71.8 Å². The van der Waals surface area contributed by atoms with E-state index in [0.29, 0.717) is 0 Å². The number of rotatable bonds is 3. The van der Waals surface area contributed by atoms with Gasteiger partial charge >= 0.3 is 0 Å². The van der Waals surface area contributed by atoms with Crippen molar-refractivity contribution in [1.82, 2.24) is 0 Å². The first kappa shape index (κ1) is 14.6. The zero-order valence-electron chi connectivity index (χ0n) is 12.8. The van der Waals surface area contributed by atoms with Crippen LogP contribution < -0.4 is 5.73 Å². The molecule has 1 heteroatoms. The summed E-state index contributed by atoms with van der Waals surface area (Å²) in [7, 11) is 0. The normalized spacial score (nSPS) is 29.8. The van der Waals surface area contributed by atoms with Crippen LogP contribution in [0.25, 0.3) is 0 Å². The summed E-state index contributed by atoms with van der Waals surface area (Å²) in [5.74, 6) is 0.779. The number of hydrogen-bond acceptors (Lipinski definition) is 1. The Morgan fingerprint density at radius 3 is 2.68 bits per heavy atom. The molecule has 0 bridgehead atoms. The van der Waals surface area contributed by atoms with Crippen molar-refractivity contribution in [2.24, 2.45) is 11.7 Å². The fraction of sp³-hybridized carbons (Fsp3) is 0.667. The molecule has 0 aromatic carbocycles. The maximum atomic E-state index is 6.52. The van der Waals surface area contributed by atoms with Crippen LogP contribution in [0.3, 0.4) is 0 Å². The molecule has 19 heavy (non-hydrogen) atoms. The van der Waals surface area contributed by atoms with E-state index in [9.17, 15) is 0 Å². The van der Waals surface area contributed by atoms with E-state index in [4.69, 9.17) is 5.73 Å². The molecule has 0 saturated heterocycles. The van der Waals surface area contributed by atoms with E-state index in [1.54, 1.807) is 5.57 Å². The van der Waals surface area contributed by atoms with Gasteiger partial charge in [-0.05, 0) is 68.6 Å². The van der Waals surface area contributed by atoms with Crippen molar-refractivity contribution in [3.05, 3.63) is 34.4 Å². The van der Waals surface area contributed by atoms with Gasteiger partial charge < -0.3 is 5.73 Å². The fourth-order valence-corrected chi connectivity index (χ4v) is 3.89. The van der Waals surface area contributed by atoms with Crippen LogP contribution in [0, 0.1) is 5.92 Å². The smallest absolute Gasteiger partial charge is 0.0300 e. The molecular weight excluding hydrogens is 230 g/mol. The molecule has 0 radical (unpaired) electrons. The van der Waals surface area contributed by atoms with Crippen molar-refractivity contribution >= 4 is 0 Å². The highest BCUT2D eigenvalue weighted by Crippen LogP contribution is 2.45. The lowest BCUT2D eigenvalue weighted by Crippen LogP contribution is -2.31. The standard InChI is InChI=1S/C18H29N/c1-4-9-17(19)18-15(6-3)13(5-2)12-14-10-7-8-11-16(14)18/h5-6,14,17H,4,7-12,19H2,1-3H3/b13-5-,15-6+. The zero-order chi connectivity index (χ0) is 13.8. The van der Waals surface area contributed by atoms with Gasteiger partial charge in [-0.2, -0.15) is 0 Å². The number of allylic oxidation sites excluding steroid dienone is 4. The molecular formula is C18H29N. The van der Waals surface area contributed by atoms with Crippen LogP contribution in [0.4, 0.5) is 0 Å². The predicted molar refractivity (Wildman–Crippen MR) is 84.0 cm³/mol. The average Bonchev–Trinajstić information content (AvgIpc) is 2.45. The van der Waals surface area contributed by atoms with Crippen LogP contribution in [0.15, 0.2) is 34.4 Å². The molecule has 0 aliphatic heterocycles. The zero-order valence-corrected chi connectivity index (χ0v) is 12.8. The van der Waals surface area contributed by atoms with Gasteiger partial charge in [-0.15, -0.1) is 0 Å². The van der Waals surface area contributed by atoms with Crippen molar-refractivity contribution in [3.8, 4) is 0 Å². The molecule has 0 amide bonds. The summed E-state index contributed by atoms with van der Waals surface area (Å²) in [6.07, 6.45) is 13.5. The molecule has 1 fully saturated rings. The Morgan fingerprint density at radius 2 is 2.05 bits per heavy atom. The third kappa shape index (κ3) is 2.86. The van der Waals surface area contributed by atoms with E-state index >= 15 is 0 Å². The molecule has 1 nitrogen and oxygen atoms in total. The monoisotopic (exact) mass is 259 g/mol. The highest BCUT2D eigenvalue weighted by molar-refractivity contribution is 5.55. The van der Waals surface area contributed by atoms with Crippen LogP contribution >= 0.6 is 0 Å². The van der Waals surface area contributed by atoms with Crippen LogP contribution in [0.5, 0.6) is 0 Å². The first-order chi connectivity index (χ1) is 9.22. The molecule has 106 valence electrons. The largest absolute Gasteiger partial charge is 0.324 e. The average molecular weight is 259 g/mol. The van der Waals surface area contributed by atoms with Gasteiger partial charge in [-0.25, -0.2) is 0 Å². The fourth-order valence-electron chi connectivity index (χ4n) is 3.89. The Kier molecular flexibility index (Phi) is 5.04. The van der Waals surface area contributed by atoms with Gasteiger partial charge in [-0.1, -0.05) is 37.5 Å². The lowest BCUT2D eigenvalue weighted by Gasteiger charge is -2.37. The van der Waals surface area contributed by atoms with E-state index < -0.39 is 0 Å². The van der Waals surface area contributed by atoms with E-state index in [1.807, 2.05) is 0 Å². The van der Waals surface area contributed by atoms with Crippen molar-refractivity contribution in [2.75, 3.05) is 0 Å². The van der Waals surface area contributed by atoms with Crippen LogP contribution in [-0.4, -0.2) is 6.04 Å². The minimum absolute atomic E-state index is 0.238. The topological polar surface area (TPSA) is 26.0 Å². The summed E-state index contributed by atoms with van der Waals surface area (Å²) in [5.41, 5.74) is 12.7. The van der Waals surface area contributed by atoms with E-state index in [0.717, 1.165) is 12.3 Å². The van der Waals surface area contributed by atoms with Gasteiger partial charge in [0.05, 0.1) is 0 Å². The van der Waals surface area contributed by atoms with E-state index in [2.05, 4.69) is 32.9 Å². The summed E-state index contributed by atoms with van der Waals surface area (Å²) in [6, 6.07) is 0.238. The van der Waals surface area contributed by atoms with Gasteiger partial charge in [0.2, 0.25) is 0 Å². The van der Waals surface area contributed by atoms with E-state index in [1.165, 1.54) is 55.2 Å². The van der Waals surface area contributed by atoms with Gasteiger partial charge in [0.1, 0.15) is 0 Å². The second kappa shape index (κ2) is 6.56. The summed E-state index contributed by atoms with van der Waals surface area (Å²) in [6.45, 7) is 6.58. The molecule has 0 heterocycles. The molecule has 2 aliphatic carbocycles. The maximum absolute atomic E-state index is 6.52. The van der Waals surface area contributed by atoms with Crippen molar-refractivity contribution < 1.29 is 0 Å². The Morgan fingerprint density at radius 1 is 1.26 bits per heavy atom. The Labute approximate surface area is 118 Å². The molecule has 2 aliphatic rings. The number of hydrogen-bond donors (Lipinski definition) is 1. The summed E-state index contributed by atoms with van der Waals surface area (Å²) >= 11 is 0. The highest BCUT2D eigenvalue weighted by Gasteiger charge is 2.32. The van der Waals surface area contributed by atoms with Crippen LogP contribution in [0.1, 0.15) is 65.7 Å². The van der Waals surface area contributed by atoms with Crippen molar-refractivity contribution in [1.29, 1.82) is 0 Å². The van der Waals surface area contributed by atoms with Crippen LogP contribution in [0.2, 0.25) is 0 Å². The predicted octanol–water partition coefficient (Wildman–Crippen LogP) is 4.90. The lowest BCUT2D eigenvalue weighted by atomic mass is 9.68. The third-order valence-electron chi connectivity index (χ3n) is 4.80. The molecule has 0 aromatic heterocycles. The molecule has 0 aromatic rings. The molecule has 2 atom stereocenters. The third-order valence-corrected chi connectivity index (χ3v) is 4.80. The highest BCUT2D eigenvalue weighted by atomic mass is 14.6. The summed E-state index contributed by atoms with van der Waals surface area (Å²) < 4.78 is 0. The second-order valence-electron chi connectivity index (χ2n) is 6.00. The molecule has 1 saturated carbocycles. The molecule has 2 unspecified atom stereocenters. The molecule has 2 rings (SSSR count). The Hall–Kier alpha value is -0.820. The van der Waals surface area contributed by atoms with Crippen LogP contribution in [-0.2, 0) is 0 Å². The molecule has 2 N–H and O–H groups in total. The lowest BCUT2D eigenvalue weighted by molar-refractivity contribution is 0.432. The first-order valence-electron chi connectivity index (χ1n) is 8.03. The Bertz CT molecular complexity index is 411. The number of fused-ring (bicyclic) bond motifs is 1. The second-order valence-corrected chi connectivity index (χ2v) is 6.00. The van der Waals surface area contributed by atoms with E-state index in [-0.39, 0.29) is 6.04 Å². The maximum Gasteiger partial charge on any atom is 0.0300 e. The number of nitrogens with two attached hydrogens (primary N) is 1. The van der Waals surface area contributed by atoms with Gasteiger partial charge in [0.15, 0.2) is 0 Å². The Balaban J connectivity index is 2.46. The molecule has 0 spiro atoms. The minimum atomic E-state index is 0.238. The SMILES string of the molecule is C/C=C1/CC2CCCCC2=C(C(N)CCC)/C1=C/C. The summed E-state index contributed by atoms with van der Waals surface area (Å²) in [5, 5.41) is 0. The minimum Gasteiger partial charge on any atom is -0.324 e. The van der Waals surface area contributed by atoms with Gasteiger partial charge in [-0.3, -0.25) is 0 Å². The first-order valence-corrected chi connectivity index (χ1v) is 8.03. The summed E-state index contributed by atoms with van der Waals surface area (Å²) in [4.78, 5) is 0. The van der Waals surface area contributed by atoms with Gasteiger partial charge in [0.25, 0.3) is 0 Å². The van der Waals surface area contributed by atoms with Gasteiger partial charge in [0, 0.05) is 6.04 Å².